The first-order valence-corrected chi connectivity index (χ1v) is 6.55. The van der Waals surface area contributed by atoms with Crippen LogP contribution in [0.2, 0.25) is 5.02 Å². The number of amides is 1. The molecule has 5 heteroatoms. The topological polar surface area (TPSA) is 41.1 Å². The molecule has 0 radical (unpaired) electrons. The molecule has 1 heterocycles. The number of carbonyl (C=O) groups excluding carboxylic acids is 1. The Morgan fingerprint density at radius 1 is 1.25 bits per heavy atom. The predicted octanol–water partition coefficient (Wildman–Crippen LogP) is 3.89. The first kappa shape index (κ1) is 12.9. The van der Waals surface area contributed by atoms with Crippen molar-refractivity contribution in [2.45, 2.75) is 13.0 Å². The van der Waals surface area contributed by atoms with E-state index in [-0.39, 0.29) is 11.7 Å². The quantitative estimate of drug-likeness (QED) is 0.881. The smallest absolute Gasteiger partial charge is 0.251 e. The molecule has 2 aromatic rings. The highest BCUT2D eigenvalue weighted by Crippen LogP contribution is 2.35. The Balaban J connectivity index is 1.95. The van der Waals surface area contributed by atoms with E-state index < -0.39 is 6.04 Å². The molecule has 1 atom stereocenters. The van der Waals surface area contributed by atoms with Gasteiger partial charge in [0.15, 0.2) is 0 Å². The summed E-state index contributed by atoms with van der Waals surface area (Å²) in [4.78, 5) is 12.0. The van der Waals surface area contributed by atoms with Gasteiger partial charge in [0.1, 0.15) is 11.9 Å². The molecular weight excluding hydrogens is 279 g/mol. The summed E-state index contributed by atoms with van der Waals surface area (Å²) in [5.41, 5.74) is 2.54. The molecule has 3 nitrogen and oxygen atoms in total. The maximum atomic E-state index is 13.9. The van der Waals surface area contributed by atoms with Gasteiger partial charge in [-0.2, -0.15) is 0 Å². The second kappa shape index (κ2) is 4.80. The summed E-state index contributed by atoms with van der Waals surface area (Å²) in [6, 6.07) is 9.35. The molecular formula is C15H12ClFN2O. The summed E-state index contributed by atoms with van der Waals surface area (Å²) < 4.78 is 13.9. The van der Waals surface area contributed by atoms with E-state index in [0.717, 1.165) is 11.1 Å². The lowest BCUT2D eigenvalue weighted by Gasteiger charge is -2.14. The van der Waals surface area contributed by atoms with Crippen LogP contribution in [0.1, 0.15) is 17.2 Å². The Morgan fingerprint density at radius 2 is 2.05 bits per heavy atom. The summed E-state index contributed by atoms with van der Waals surface area (Å²) in [6.07, 6.45) is 0. The minimum absolute atomic E-state index is 0.220. The number of carbonyl (C=O) groups is 1. The molecule has 1 aliphatic heterocycles. The van der Waals surface area contributed by atoms with Gasteiger partial charge in [0.2, 0.25) is 0 Å². The SMILES string of the molecule is Cc1ccc(NC2C(=O)Nc3ccc(Cl)cc32)c(F)c1. The molecule has 0 spiro atoms. The standard InChI is InChI=1S/C15H12ClFN2O/c1-8-2-4-13(11(17)6-8)18-14-10-7-9(16)3-5-12(10)19-15(14)20/h2-7,14,18H,1H3,(H,19,20). The van der Waals surface area contributed by atoms with Crippen LogP contribution in [-0.2, 0) is 4.79 Å². The maximum Gasteiger partial charge on any atom is 0.251 e. The van der Waals surface area contributed by atoms with Crippen LogP contribution in [0.15, 0.2) is 36.4 Å². The van der Waals surface area contributed by atoms with E-state index in [4.69, 9.17) is 11.6 Å². The van der Waals surface area contributed by atoms with Crippen molar-refractivity contribution < 1.29 is 9.18 Å². The number of aryl methyl sites for hydroxylation is 1. The number of hydrogen-bond acceptors (Lipinski definition) is 2. The number of halogens is 2. The molecule has 0 fully saturated rings. The zero-order valence-corrected chi connectivity index (χ0v) is 11.5. The lowest BCUT2D eigenvalue weighted by Crippen LogP contribution is -2.20. The lowest BCUT2D eigenvalue weighted by atomic mass is 10.1. The van der Waals surface area contributed by atoms with Gasteiger partial charge >= 0.3 is 0 Å². The van der Waals surface area contributed by atoms with Crippen molar-refractivity contribution in [3.63, 3.8) is 0 Å². The van der Waals surface area contributed by atoms with Gasteiger partial charge in [-0.15, -0.1) is 0 Å². The number of benzene rings is 2. The third-order valence-electron chi connectivity index (χ3n) is 3.27. The molecule has 20 heavy (non-hydrogen) atoms. The van der Waals surface area contributed by atoms with Crippen LogP contribution in [0.5, 0.6) is 0 Å². The molecule has 0 saturated carbocycles. The lowest BCUT2D eigenvalue weighted by molar-refractivity contribution is -0.116. The zero-order valence-electron chi connectivity index (χ0n) is 10.7. The van der Waals surface area contributed by atoms with E-state index in [1.165, 1.54) is 6.07 Å². The highest BCUT2D eigenvalue weighted by molar-refractivity contribution is 6.31. The molecule has 1 amide bonds. The predicted molar refractivity (Wildman–Crippen MR) is 77.6 cm³/mol. The Hall–Kier alpha value is -2.07. The van der Waals surface area contributed by atoms with Gasteiger partial charge in [-0.3, -0.25) is 4.79 Å². The molecule has 1 aliphatic rings. The van der Waals surface area contributed by atoms with Gasteiger partial charge in [-0.25, -0.2) is 4.39 Å². The van der Waals surface area contributed by atoms with Crippen LogP contribution in [0.4, 0.5) is 15.8 Å². The van der Waals surface area contributed by atoms with E-state index in [9.17, 15) is 9.18 Å². The fraction of sp³-hybridized carbons (Fsp3) is 0.133. The summed E-state index contributed by atoms with van der Waals surface area (Å²) >= 11 is 5.95. The molecule has 3 rings (SSSR count). The van der Waals surface area contributed by atoms with Crippen LogP contribution in [0.25, 0.3) is 0 Å². The first-order valence-electron chi connectivity index (χ1n) is 6.17. The Labute approximate surface area is 120 Å². The van der Waals surface area contributed by atoms with Crippen LogP contribution in [0, 0.1) is 12.7 Å². The van der Waals surface area contributed by atoms with Crippen molar-refractivity contribution in [2.75, 3.05) is 10.6 Å². The van der Waals surface area contributed by atoms with E-state index in [1.54, 1.807) is 30.3 Å². The molecule has 0 aromatic heterocycles. The normalized spacial score (nSPS) is 16.8. The summed E-state index contributed by atoms with van der Waals surface area (Å²) in [5, 5.41) is 6.21. The molecule has 2 N–H and O–H groups in total. The fourth-order valence-electron chi connectivity index (χ4n) is 2.27. The minimum atomic E-state index is -0.638. The second-order valence-corrected chi connectivity index (χ2v) is 5.22. The summed E-state index contributed by atoms with van der Waals surface area (Å²) in [5.74, 6) is -0.601. The highest BCUT2D eigenvalue weighted by Gasteiger charge is 2.31. The fourth-order valence-corrected chi connectivity index (χ4v) is 2.45. The molecule has 0 saturated heterocycles. The maximum absolute atomic E-state index is 13.9. The number of fused-ring (bicyclic) bond motifs is 1. The number of anilines is 2. The Bertz CT molecular complexity index is 702. The van der Waals surface area contributed by atoms with Crippen LogP contribution in [-0.4, -0.2) is 5.91 Å². The largest absolute Gasteiger partial charge is 0.368 e. The molecule has 0 aliphatic carbocycles. The molecule has 1 unspecified atom stereocenters. The van der Waals surface area contributed by atoms with Gasteiger partial charge in [0.05, 0.1) is 5.69 Å². The Morgan fingerprint density at radius 3 is 2.80 bits per heavy atom. The third-order valence-corrected chi connectivity index (χ3v) is 3.50. The van der Waals surface area contributed by atoms with Crippen molar-refractivity contribution in [3.05, 3.63) is 58.4 Å². The average Bonchev–Trinajstić information content (AvgIpc) is 2.69. The average molecular weight is 291 g/mol. The second-order valence-electron chi connectivity index (χ2n) is 4.78. The van der Waals surface area contributed by atoms with Gasteiger partial charge < -0.3 is 10.6 Å². The third kappa shape index (κ3) is 2.23. The molecule has 0 bridgehead atoms. The number of rotatable bonds is 2. The van der Waals surface area contributed by atoms with E-state index >= 15 is 0 Å². The first-order chi connectivity index (χ1) is 9.54. The van der Waals surface area contributed by atoms with Crippen LogP contribution >= 0.6 is 11.6 Å². The van der Waals surface area contributed by atoms with Gasteiger partial charge in [0.25, 0.3) is 5.91 Å². The van der Waals surface area contributed by atoms with Crippen molar-refractivity contribution >= 4 is 28.9 Å². The van der Waals surface area contributed by atoms with Crippen molar-refractivity contribution in [2.24, 2.45) is 0 Å². The minimum Gasteiger partial charge on any atom is -0.368 e. The summed E-state index contributed by atoms with van der Waals surface area (Å²) in [6.45, 7) is 1.81. The highest BCUT2D eigenvalue weighted by atomic mass is 35.5. The zero-order chi connectivity index (χ0) is 14.3. The van der Waals surface area contributed by atoms with Gasteiger partial charge in [-0.1, -0.05) is 17.7 Å². The van der Waals surface area contributed by atoms with E-state index in [0.29, 0.717) is 16.4 Å². The van der Waals surface area contributed by atoms with Gasteiger partial charge in [0, 0.05) is 16.3 Å². The van der Waals surface area contributed by atoms with Gasteiger partial charge in [-0.05, 0) is 42.8 Å². The van der Waals surface area contributed by atoms with Crippen molar-refractivity contribution in [1.29, 1.82) is 0 Å². The van der Waals surface area contributed by atoms with E-state index in [1.807, 2.05) is 6.92 Å². The summed E-state index contributed by atoms with van der Waals surface area (Å²) in [7, 11) is 0. The molecule has 2 aromatic carbocycles. The van der Waals surface area contributed by atoms with Crippen LogP contribution < -0.4 is 10.6 Å². The van der Waals surface area contributed by atoms with E-state index in [2.05, 4.69) is 10.6 Å². The monoisotopic (exact) mass is 290 g/mol. The number of hydrogen-bond donors (Lipinski definition) is 2. The van der Waals surface area contributed by atoms with Crippen molar-refractivity contribution in [1.82, 2.24) is 0 Å². The van der Waals surface area contributed by atoms with Crippen LogP contribution in [0.3, 0.4) is 0 Å². The Kier molecular flexibility index (Phi) is 3.10. The van der Waals surface area contributed by atoms with Crippen molar-refractivity contribution in [3.8, 4) is 0 Å². The number of nitrogens with one attached hydrogen (secondary N) is 2. The molecule has 102 valence electrons.